The molecule has 2 saturated carbocycles. The summed E-state index contributed by atoms with van der Waals surface area (Å²) in [5, 5.41) is 0. The van der Waals surface area contributed by atoms with Crippen molar-refractivity contribution in [3.05, 3.63) is 34.3 Å². The van der Waals surface area contributed by atoms with Gasteiger partial charge in [0, 0.05) is 12.6 Å². The molecule has 4 nitrogen and oxygen atoms in total. The highest BCUT2D eigenvalue weighted by Gasteiger charge is 2.55. The van der Waals surface area contributed by atoms with Crippen LogP contribution in [0.5, 0.6) is 0 Å². The Kier molecular flexibility index (Phi) is 2.58. The predicted molar refractivity (Wildman–Crippen MR) is 77.4 cm³/mol. The number of nitrogens with zero attached hydrogens (tertiary/aromatic N) is 1. The minimum atomic E-state index is -0.281. The highest BCUT2D eigenvalue weighted by molar-refractivity contribution is 5.74. The molecule has 3 unspecified atom stereocenters. The zero-order valence-corrected chi connectivity index (χ0v) is 11.7. The van der Waals surface area contributed by atoms with Gasteiger partial charge >= 0.3 is 5.76 Å². The van der Waals surface area contributed by atoms with Crippen LogP contribution in [0.25, 0.3) is 11.1 Å². The standard InChI is InChI=1S/C16H20N2O2/c1-2-18-12-7-6-9(8-13(12)20-16(18)19)15(17)14-10-4-3-5-11(10)14/h6-8,10-11,14-15H,2-5,17H2,1H3. The number of rotatable bonds is 3. The van der Waals surface area contributed by atoms with Gasteiger partial charge in [0.15, 0.2) is 5.58 Å². The molecule has 0 bridgehead atoms. The van der Waals surface area contributed by atoms with Gasteiger partial charge in [-0.05, 0) is 55.2 Å². The van der Waals surface area contributed by atoms with E-state index in [0.29, 0.717) is 18.0 Å². The first-order chi connectivity index (χ1) is 9.70. The third-order valence-corrected chi connectivity index (χ3v) is 5.28. The number of benzene rings is 1. The van der Waals surface area contributed by atoms with Gasteiger partial charge in [0.25, 0.3) is 0 Å². The molecule has 20 heavy (non-hydrogen) atoms. The Balaban J connectivity index is 1.69. The maximum Gasteiger partial charge on any atom is 0.419 e. The van der Waals surface area contributed by atoms with Crippen molar-refractivity contribution in [1.82, 2.24) is 4.57 Å². The fraction of sp³-hybridized carbons (Fsp3) is 0.562. The summed E-state index contributed by atoms with van der Waals surface area (Å²) in [5.41, 5.74) is 9.07. The second-order valence-corrected chi connectivity index (χ2v) is 6.20. The lowest BCUT2D eigenvalue weighted by molar-refractivity contribution is 0.498. The zero-order valence-electron chi connectivity index (χ0n) is 11.7. The quantitative estimate of drug-likeness (QED) is 0.934. The van der Waals surface area contributed by atoms with E-state index in [4.69, 9.17) is 10.2 Å². The molecule has 0 spiro atoms. The average Bonchev–Trinajstić information content (AvgIpc) is 2.81. The van der Waals surface area contributed by atoms with E-state index in [1.165, 1.54) is 19.3 Å². The van der Waals surface area contributed by atoms with Gasteiger partial charge in [0.05, 0.1) is 5.52 Å². The highest BCUT2D eigenvalue weighted by Crippen LogP contribution is 2.61. The van der Waals surface area contributed by atoms with Crippen molar-refractivity contribution in [3.8, 4) is 0 Å². The molecule has 1 heterocycles. The average molecular weight is 272 g/mol. The van der Waals surface area contributed by atoms with Gasteiger partial charge in [0.2, 0.25) is 0 Å². The fourth-order valence-corrected chi connectivity index (χ4v) is 4.22. The molecule has 1 aromatic heterocycles. The summed E-state index contributed by atoms with van der Waals surface area (Å²) < 4.78 is 6.98. The van der Waals surface area contributed by atoms with Crippen molar-refractivity contribution < 1.29 is 4.42 Å². The minimum absolute atomic E-state index is 0.0879. The Bertz CT molecular complexity index is 705. The lowest BCUT2D eigenvalue weighted by Gasteiger charge is -2.14. The summed E-state index contributed by atoms with van der Waals surface area (Å²) in [6.45, 7) is 2.57. The van der Waals surface area contributed by atoms with Crippen molar-refractivity contribution in [2.75, 3.05) is 0 Å². The van der Waals surface area contributed by atoms with Crippen LogP contribution in [0, 0.1) is 17.8 Å². The highest BCUT2D eigenvalue weighted by atomic mass is 16.4. The van der Waals surface area contributed by atoms with Crippen LogP contribution in [-0.2, 0) is 6.54 Å². The van der Waals surface area contributed by atoms with Crippen molar-refractivity contribution >= 4 is 11.1 Å². The van der Waals surface area contributed by atoms with Crippen LogP contribution in [-0.4, -0.2) is 4.57 Å². The molecule has 2 aromatic rings. The fourth-order valence-electron chi connectivity index (χ4n) is 4.22. The number of oxazole rings is 1. The first kappa shape index (κ1) is 12.2. The van der Waals surface area contributed by atoms with Gasteiger partial charge in [-0.25, -0.2) is 4.79 Å². The van der Waals surface area contributed by atoms with Gasteiger partial charge < -0.3 is 10.2 Å². The normalized spacial score (nSPS) is 29.6. The molecule has 0 amide bonds. The summed E-state index contributed by atoms with van der Waals surface area (Å²) in [4.78, 5) is 11.7. The molecular formula is C16H20N2O2. The van der Waals surface area contributed by atoms with E-state index in [2.05, 4.69) is 6.07 Å². The van der Waals surface area contributed by atoms with Gasteiger partial charge in [-0.1, -0.05) is 12.5 Å². The molecule has 4 heteroatoms. The lowest BCUT2D eigenvalue weighted by Crippen LogP contribution is -2.15. The van der Waals surface area contributed by atoms with Crippen LogP contribution in [0.1, 0.15) is 37.8 Å². The number of hydrogen-bond donors (Lipinski definition) is 1. The molecule has 0 aliphatic heterocycles. The van der Waals surface area contributed by atoms with E-state index in [1.54, 1.807) is 4.57 Å². The summed E-state index contributed by atoms with van der Waals surface area (Å²) in [7, 11) is 0. The molecule has 2 fully saturated rings. The van der Waals surface area contributed by atoms with Gasteiger partial charge in [-0.2, -0.15) is 0 Å². The predicted octanol–water partition coefficient (Wildman–Crippen LogP) is 2.66. The van der Waals surface area contributed by atoms with E-state index in [1.807, 2.05) is 19.1 Å². The Morgan fingerprint density at radius 3 is 2.85 bits per heavy atom. The Hall–Kier alpha value is -1.55. The smallest absolute Gasteiger partial charge is 0.408 e. The molecule has 3 atom stereocenters. The van der Waals surface area contributed by atoms with Crippen LogP contribution in [0.4, 0.5) is 0 Å². The number of nitrogens with two attached hydrogens (primary N) is 1. The molecule has 2 aliphatic carbocycles. The molecule has 106 valence electrons. The minimum Gasteiger partial charge on any atom is -0.408 e. The van der Waals surface area contributed by atoms with Crippen molar-refractivity contribution in [3.63, 3.8) is 0 Å². The summed E-state index contributed by atoms with van der Waals surface area (Å²) >= 11 is 0. The largest absolute Gasteiger partial charge is 0.419 e. The number of hydrogen-bond acceptors (Lipinski definition) is 3. The molecule has 2 aliphatic rings. The Labute approximate surface area is 117 Å². The zero-order chi connectivity index (χ0) is 13.9. The van der Waals surface area contributed by atoms with Crippen LogP contribution < -0.4 is 11.5 Å². The van der Waals surface area contributed by atoms with Crippen LogP contribution >= 0.6 is 0 Å². The summed E-state index contributed by atoms with van der Waals surface area (Å²) in [6, 6.07) is 6.07. The van der Waals surface area contributed by atoms with E-state index in [9.17, 15) is 4.79 Å². The second-order valence-electron chi connectivity index (χ2n) is 6.20. The van der Waals surface area contributed by atoms with Gasteiger partial charge in [0.1, 0.15) is 0 Å². The van der Waals surface area contributed by atoms with Crippen molar-refractivity contribution in [2.45, 2.75) is 38.8 Å². The first-order valence-corrected chi connectivity index (χ1v) is 7.59. The third kappa shape index (κ3) is 1.61. The van der Waals surface area contributed by atoms with Crippen molar-refractivity contribution in [2.24, 2.45) is 23.5 Å². The third-order valence-electron chi connectivity index (χ3n) is 5.28. The van der Waals surface area contributed by atoms with Crippen LogP contribution in [0.2, 0.25) is 0 Å². The topological polar surface area (TPSA) is 61.2 Å². The first-order valence-electron chi connectivity index (χ1n) is 7.59. The summed E-state index contributed by atoms with van der Waals surface area (Å²) in [5.74, 6) is 2.04. The van der Waals surface area contributed by atoms with Gasteiger partial charge in [-0.15, -0.1) is 0 Å². The number of aromatic nitrogens is 1. The number of aryl methyl sites for hydroxylation is 1. The molecule has 0 radical (unpaired) electrons. The summed E-state index contributed by atoms with van der Waals surface area (Å²) in [6.07, 6.45) is 4.05. The second kappa shape index (κ2) is 4.22. The monoisotopic (exact) mass is 272 g/mol. The molecule has 2 N–H and O–H groups in total. The maximum absolute atomic E-state index is 11.7. The number of fused-ring (bicyclic) bond motifs is 2. The van der Waals surface area contributed by atoms with Gasteiger partial charge in [-0.3, -0.25) is 4.57 Å². The van der Waals surface area contributed by atoms with Crippen LogP contribution in [0.15, 0.2) is 27.4 Å². The van der Waals surface area contributed by atoms with Crippen LogP contribution in [0.3, 0.4) is 0 Å². The van der Waals surface area contributed by atoms with Crippen molar-refractivity contribution in [1.29, 1.82) is 0 Å². The molecule has 4 rings (SSSR count). The maximum atomic E-state index is 11.7. The molecule has 0 saturated heterocycles. The Morgan fingerprint density at radius 1 is 1.40 bits per heavy atom. The molecule has 1 aromatic carbocycles. The van der Waals surface area contributed by atoms with E-state index in [-0.39, 0.29) is 11.8 Å². The lowest BCUT2D eigenvalue weighted by atomic mass is 9.97. The SMILES string of the molecule is CCn1c(=O)oc2cc(C(N)C3C4CCCC43)ccc21. The van der Waals surface area contributed by atoms with E-state index < -0.39 is 0 Å². The van der Waals surface area contributed by atoms with E-state index in [0.717, 1.165) is 22.9 Å². The Morgan fingerprint density at radius 2 is 2.15 bits per heavy atom. The van der Waals surface area contributed by atoms with E-state index >= 15 is 0 Å². The molecular weight excluding hydrogens is 252 g/mol.